The zero-order valence-electron chi connectivity index (χ0n) is 12.3. The van der Waals surface area contributed by atoms with Gasteiger partial charge in [-0.25, -0.2) is 0 Å². The lowest BCUT2D eigenvalue weighted by molar-refractivity contribution is -0.160. The van der Waals surface area contributed by atoms with E-state index in [1.165, 1.54) is 0 Å². The van der Waals surface area contributed by atoms with Crippen molar-refractivity contribution in [3.8, 4) is 0 Å². The van der Waals surface area contributed by atoms with Gasteiger partial charge in [-0.15, -0.1) is 0 Å². The van der Waals surface area contributed by atoms with Crippen molar-refractivity contribution in [1.82, 2.24) is 10.2 Å². The molecule has 0 bridgehead atoms. The van der Waals surface area contributed by atoms with E-state index < -0.39 is 18.3 Å². The molecule has 1 atom stereocenters. The van der Waals surface area contributed by atoms with Gasteiger partial charge in [0.25, 0.3) is 0 Å². The number of amides is 2. The molecule has 0 aromatic carbocycles. The largest absolute Gasteiger partial charge is 0.342 e. The zero-order chi connectivity index (χ0) is 14.6. The Morgan fingerprint density at radius 1 is 1.30 bits per heavy atom. The van der Waals surface area contributed by atoms with Gasteiger partial charge in [0.05, 0.1) is 6.67 Å². The average Bonchev–Trinajstić information content (AvgIpc) is 2.46. The van der Waals surface area contributed by atoms with Crippen LogP contribution in [-0.2, 0) is 9.59 Å². The van der Waals surface area contributed by atoms with E-state index in [2.05, 4.69) is 5.32 Å². The van der Waals surface area contributed by atoms with Crippen molar-refractivity contribution in [2.45, 2.75) is 69.9 Å². The van der Waals surface area contributed by atoms with E-state index in [4.69, 9.17) is 0 Å². The number of alkyl halides is 1. The van der Waals surface area contributed by atoms with Crippen molar-refractivity contribution in [1.29, 1.82) is 0 Å². The maximum absolute atomic E-state index is 12.6. The number of carbonyl (C=O) groups is 2. The lowest BCUT2D eigenvalue weighted by Crippen LogP contribution is -2.71. The molecule has 5 heteroatoms. The maximum atomic E-state index is 12.6. The van der Waals surface area contributed by atoms with Crippen LogP contribution >= 0.6 is 0 Å². The van der Waals surface area contributed by atoms with Crippen LogP contribution in [0.4, 0.5) is 4.39 Å². The van der Waals surface area contributed by atoms with Gasteiger partial charge in [-0.3, -0.25) is 14.0 Å². The van der Waals surface area contributed by atoms with Crippen molar-refractivity contribution in [3.63, 3.8) is 0 Å². The minimum Gasteiger partial charge on any atom is -0.342 e. The van der Waals surface area contributed by atoms with Crippen molar-refractivity contribution in [3.05, 3.63) is 0 Å². The van der Waals surface area contributed by atoms with Crippen LogP contribution in [-0.4, -0.2) is 41.5 Å². The first-order valence-corrected chi connectivity index (χ1v) is 7.84. The maximum Gasteiger partial charge on any atom is 0.246 e. The highest BCUT2D eigenvalue weighted by atomic mass is 19.1. The third kappa shape index (κ3) is 2.67. The van der Waals surface area contributed by atoms with Gasteiger partial charge in [0.1, 0.15) is 11.6 Å². The Kier molecular flexibility index (Phi) is 5.00. The van der Waals surface area contributed by atoms with Crippen LogP contribution in [0, 0.1) is 0 Å². The Morgan fingerprint density at radius 2 is 2.00 bits per heavy atom. The summed E-state index contributed by atoms with van der Waals surface area (Å²) in [5.41, 5.74) is -0.700. The minimum absolute atomic E-state index is 0.0122. The predicted molar refractivity (Wildman–Crippen MR) is 75.0 cm³/mol. The van der Waals surface area contributed by atoms with Gasteiger partial charge in [0.2, 0.25) is 11.8 Å². The number of nitrogens with one attached hydrogen (secondary N) is 1. The molecule has 114 valence electrons. The molecule has 1 saturated heterocycles. The molecule has 2 aliphatic rings. The summed E-state index contributed by atoms with van der Waals surface area (Å²) in [6.45, 7) is 1.92. The number of nitrogens with zero attached hydrogens (tertiary/aromatic N) is 1. The van der Waals surface area contributed by atoms with Gasteiger partial charge in [-0.2, -0.15) is 0 Å². The molecule has 1 aliphatic carbocycles. The molecule has 20 heavy (non-hydrogen) atoms. The molecule has 2 rings (SSSR count). The number of hydrogen-bond acceptors (Lipinski definition) is 2. The summed E-state index contributed by atoms with van der Waals surface area (Å²) in [5, 5.41) is 2.91. The van der Waals surface area contributed by atoms with Gasteiger partial charge in [-0.1, -0.05) is 32.6 Å². The van der Waals surface area contributed by atoms with E-state index in [-0.39, 0.29) is 11.8 Å². The Hall–Kier alpha value is -1.13. The number of rotatable bonds is 5. The van der Waals surface area contributed by atoms with E-state index in [0.29, 0.717) is 19.4 Å². The second-order valence-corrected chi connectivity index (χ2v) is 5.94. The first-order chi connectivity index (χ1) is 9.65. The highest BCUT2D eigenvalue weighted by molar-refractivity contribution is 5.99. The standard InChI is InChI=1S/C15H25FN2O2/c1-2-7-12-13(19)18(11-6-10-16)15(14(20)17-12)8-4-3-5-9-15/h12H,2-11H2,1H3,(H,17,20). The fraction of sp³-hybridized carbons (Fsp3) is 0.867. The van der Waals surface area contributed by atoms with E-state index in [1.807, 2.05) is 6.92 Å². The highest BCUT2D eigenvalue weighted by Gasteiger charge is 2.51. The Bertz CT molecular complexity index is 367. The van der Waals surface area contributed by atoms with Crippen molar-refractivity contribution < 1.29 is 14.0 Å². The van der Waals surface area contributed by atoms with E-state index >= 15 is 0 Å². The van der Waals surface area contributed by atoms with E-state index in [9.17, 15) is 14.0 Å². The third-order valence-electron chi connectivity index (χ3n) is 4.58. The first kappa shape index (κ1) is 15.3. The van der Waals surface area contributed by atoms with Crippen molar-refractivity contribution in [2.75, 3.05) is 13.2 Å². The van der Waals surface area contributed by atoms with Crippen LogP contribution in [0.25, 0.3) is 0 Å². The van der Waals surface area contributed by atoms with Crippen LogP contribution in [0.3, 0.4) is 0 Å². The summed E-state index contributed by atoms with van der Waals surface area (Å²) < 4.78 is 12.5. The van der Waals surface area contributed by atoms with E-state index in [1.54, 1.807) is 4.90 Å². The molecule has 1 unspecified atom stereocenters. The van der Waals surface area contributed by atoms with Gasteiger partial charge in [-0.05, 0) is 25.7 Å². The quantitative estimate of drug-likeness (QED) is 0.841. The molecule has 1 spiro atoms. The molecule has 0 aromatic rings. The fourth-order valence-corrected chi connectivity index (χ4v) is 3.54. The summed E-state index contributed by atoms with van der Waals surface area (Å²) >= 11 is 0. The normalized spacial score (nSPS) is 25.9. The third-order valence-corrected chi connectivity index (χ3v) is 4.58. The molecule has 1 aliphatic heterocycles. The number of hydrogen-bond donors (Lipinski definition) is 1. The fourth-order valence-electron chi connectivity index (χ4n) is 3.54. The minimum atomic E-state index is -0.700. The molecule has 1 N–H and O–H groups in total. The molecule has 1 saturated carbocycles. The van der Waals surface area contributed by atoms with Crippen molar-refractivity contribution >= 4 is 11.8 Å². The predicted octanol–water partition coefficient (Wildman–Crippen LogP) is 2.18. The number of halogens is 1. The second kappa shape index (κ2) is 6.55. The topological polar surface area (TPSA) is 49.4 Å². The summed E-state index contributed by atoms with van der Waals surface area (Å²) in [4.78, 5) is 26.9. The molecular formula is C15H25FN2O2. The van der Waals surface area contributed by atoms with Crippen LogP contribution in [0.2, 0.25) is 0 Å². The van der Waals surface area contributed by atoms with Gasteiger partial charge in [0.15, 0.2) is 0 Å². The van der Waals surface area contributed by atoms with Crippen LogP contribution in [0.5, 0.6) is 0 Å². The smallest absolute Gasteiger partial charge is 0.246 e. The highest BCUT2D eigenvalue weighted by Crippen LogP contribution is 2.37. The first-order valence-electron chi connectivity index (χ1n) is 7.84. The van der Waals surface area contributed by atoms with Crippen LogP contribution in [0.1, 0.15) is 58.3 Å². The lowest BCUT2D eigenvalue weighted by atomic mass is 9.77. The van der Waals surface area contributed by atoms with Crippen molar-refractivity contribution in [2.24, 2.45) is 0 Å². The number of piperazine rings is 1. The molecule has 0 aromatic heterocycles. The molecule has 1 heterocycles. The molecule has 4 nitrogen and oxygen atoms in total. The molecule has 2 amide bonds. The van der Waals surface area contributed by atoms with E-state index in [0.717, 1.165) is 38.5 Å². The van der Waals surface area contributed by atoms with Crippen LogP contribution in [0.15, 0.2) is 0 Å². The summed E-state index contributed by atoms with van der Waals surface area (Å²) in [7, 11) is 0. The average molecular weight is 284 g/mol. The van der Waals surface area contributed by atoms with Gasteiger partial charge in [0, 0.05) is 6.54 Å². The molecule has 2 fully saturated rings. The van der Waals surface area contributed by atoms with Gasteiger partial charge < -0.3 is 10.2 Å². The zero-order valence-corrected chi connectivity index (χ0v) is 12.3. The summed E-state index contributed by atoms with van der Waals surface area (Å²) in [5.74, 6) is -0.0316. The molecular weight excluding hydrogens is 259 g/mol. The summed E-state index contributed by atoms with van der Waals surface area (Å²) in [6, 6.07) is -0.417. The summed E-state index contributed by atoms with van der Waals surface area (Å²) in [6.07, 6.45) is 6.30. The second-order valence-electron chi connectivity index (χ2n) is 5.94. The van der Waals surface area contributed by atoms with Crippen LogP contribution < -0.4 is 5.32 Å². The monoisotopic (exact) mass is 284 g/mol. The number of carbonyl (C=O) groups excluding carboxylic acids is 2. The molecule has 0 radical (unpaired) electrons. The Balaban J connectivity index is 2.23. The van der Waals surface area contributed by atoms with Gasteiger partial charge >= 0.3 is 0 Å². The Labute approximate surface area is 120 Å². The Morgan fingerprint density at radius 3 is 2.60 bits per heavy atom. The lowest BCUT2D eigenvalue weighted by Gasteiger charge is -2.50. The SMILES string of the molecule is CCCC1NC(=O)C2(CCCCC2)N(CCCF)C1=O.